The van der Waals surface area contributed by atoms with E-state index in [4.69, 9.17) is 25.2 Å². The molecule has 0 spiro atoms. The molecule has 0 aromatic carbocycles. The summed E-state index contributed by atoms with van der Waals surface area (Å²) in [4.78, 5) is 29.1. The SMILES string of the molecule is CNC(=O)c1c(CC(C)NC(=O)OC(C)(C)C)oc2c(NCc3ccco3)cc(Cl)nc12. The summed E-state index contributed by atoms with van der Waals surface area (Å²) in [5, 5.41) is 8.78. The highest BCUT2D eigenvalue weighted by Crippen LogP contribution is 2.33. The normalized spacial score (nSPS) is 12.4. The van der Waals surface area contributed by atoms with E-state index in [1.165, 1.54) is 7.05 Å². The Kier molecular flexibility index (Phi) is 6.98. The molecule has 10 heteroatoms. The molecule has 3 N–H and O–H groups in total. The molecule has 0 fully saturated rings. The molecular weight excluding hydrogens is 436 g/mol. The zero-order valence-electron chi connectivity index (χ0n) is 18.7. The Bertz CT molecular complexity index is 1100. The van der Waals surface area contributed by atoms with Gasteiger partial charge in [0.25, 0.3) is 5.91 Å². The highest BCUT2D eigenvalue weighted by molar-refractivity contribution is 6.30. The predicted octanol–water partition coefficient (Wildman–Crippen LogP) is 4.50. The van der Waals surface area contributed by atoms with E-state index < -0.39 is 11.7 Å². The predicted molar refractivity (Wildman–Crippen MR) is 121 cm³/mol. The van der Waals surface area contributed by atoms with E-state index in [1.807, 2.05) is 6.07 Å². The van der Waals surface area contributed by atoms with Crippen LogP contribution in [0.3, 0.4) is 0 Å². The van der Waals surface area contributed by atoms with Gasteiger partial charge in [0.15, 0.2) is 5.58 Å². The third kappa shape index (κ3) is 5.73. The fourth-order valence-corrected chi connectivity index (χ4v) is 3.34. The standard InChI is InChI=1S/C22H27ClN4O5/c1-12(26-21(29)32-22(2,3)4)9-15-17(20(28)24-5)18-19(31-15)14(10-16(23)27-18)25-11-13-7-6-8-30-13/h6-8,10,12H,9,11H2,1-5H3,(H,24,28)(H,25,27)(H,26,29). The zero-order valence-corrected chi connectivity index (χ0v) is 19.4. The van der Waals surface area contributed by atoms with Crippen LogP contribution >= 0.6 is 11.6 Å². The fraction of sp³-hybridized carbons (Fsp3) is 0.409. The first-order chi connectivity index (χ1) is 15.1. The van der Waals surface area contributed by atoms with E-state index in [9.17, 15) is 9.59 Å². The van der Waals surface area contributed by atoms with Crippen LogP contribution in [0.1, 0.15) is 49.6 Å². The van der Waals surface area contributed by atoms with Crippen LogP contribution in [0.4, 0.5) is 10.5 Å². The van der Waals surface area contributed by atoms with Gasteiger partial charge in [0, 0.05) is 25.6 Å². The summed E-state index contributed by atoms with van der Waals surface area (Å²) < 4.78 is 16.7. The molecule has 0 aliphatic carbocycles. The molecular formula is C22H27ClN4O5. The lowest BCUT2D eigenvalue weighted by molar-refractivity contribution is 0.0507. The summed E-state index contributed by atoms with van der Waals surface area (Å²) in [6.45, 7) is 7.54. The molecule has 0 saturated carbocycles. The van der Waals surface area contributed by atoms with Gasteiger partial charge < -0.3 is 29.5 Å². The van der Waals surface area contributed by atoms with Gasteiger partial charge in [-0.15, -0.1) is 0 Å². The van der Waals surface area contributed by atoms with Crippen molar-refractivity contribution in [2.75, 3.05) is 12.4 Å². The van der Waals surface area contributed by atoms with Gasteiger partial charge in [-0.05, 0) is 39.8 Å². The number of aromatic nitrogens is 1. The quantitative estimate of drug-likeness (QED) is 0.442. The van der Waals surface area contributed by atoms with E-state index in [0.717, 1.165) is 5.76 Å². The van der Waals surface area contributed by atoms with Gasteiger partial charge >= 0.3 is 6.09 Å². The number of fused-ring (bicyclic) bond motifs is 1. The van der Waals surface area contributed by atoms with Crippen LogP contribution in [0.2, 0.25) is 5.15 Å². The number of rotatable bonds is 7. The maximum absolute atomic E-state index is 12.7. The second kappa shape index (κ2) is 9.52. The van der Waals surface area contributed by atoms with Gasteiger partial charge in [-0.25, -0.2) is 9.78 Å². The summed E-state index contributed by atoms with van der Waals surface area (Å²) in [5.74, 6) is 0.730. The smallest absolute Gasteiger partial charge is 0.407 e. The maximum Gasteiger partial charge on any atom is 0.407 e. The first kappa shape index (κ1) is 23.5. The molecule has 3 aromatic heterocycles. The summed E-state index contributed by atoms with van der Waals surface area (Å²) in [5.41, 5.74) is 0.938. The molecule has 1 unspecified atom stereocenters. The van der Waals surface area contributed by atoms with E-state index in [2.05, 4.69) is 20.9 Å². The average Bonchev–Trinajstić information content (AvgIpc) is 3.31. The minimum Gasteiger partial charge on any atom is -0.467 e. The fourth-order valence-electron chi connectivity index (χ4n) is 3.15. The van der Waals surface area contributed by atoms with E-state index >= 15 is 0 Å². The molecule has 3 rings (SSSR count). The summed E-state index contributed by atoms with van der Waals surface area (Å²) in [7, 11) is 1.52. The largest absolute Gasteiger partial charge is 0.467 e. The summed E-state index contributed by atoms with van der Waals surface area (Å²) in [6, 6.07) is 4.88. The summed E-state index contributed by atoms with van der Waals surface area (Å²) in [6.07, 6.45) is 1.28. The summed E-state index contributed by atoms with van der Waals surface area (Å²) >= 11 is 6.23. The number of hydrogen-bond acceptors (Lipinski definition) is 7. The third-order valence-corrected chi connectivity index (χ3v) is 4.62. The second-order valence-electron chi connectivity index (χ2n) is 8.33. The zero-order chi connectivity index (χ0) is 23.5. The van der Waals surface area contributed by atoms with Crippen molar-refractivity contribution in [2.24, 2.45) is 0 Å². The van der Waals surface area contributed by atoms with Crippen molar-refractivity contribution in [1.82, 2.24) is 15.6 Å². The van der Waals surface area contributed by atoms with E-state index in [-0.39, 0.29) is 29.1 Å². The van der Waals surface area contributed by atoms with Crippen LogP contribution in [0, 0.1) is 0 Å². The van der Waals surface area contributed by atoms with Crippen LogP contribution in [0.5, 0.6) is 0 Å². The van der Waals surface area contributed by atoms with E-state index in [1.54, 1.807) is 46.1 Å². The highest BCUT2D eigenvalue weighted by Gasteiger charge is 2.26. The van der Waals surface area contributed by atoms with Gasteiger partial charge in [0.1, 0.15) is 33.4 Å². The Labute approximate surface area is 190 Å². The Morgan fingerprint density at radius 3 is 2.69 bits per heavy atom. The van der Waals surface area contributed by atoms with Crippen molar-refractivity contribution >= 4 is 40.4 Å². The molecule has 1 atom stereocenters. The van der Waals surface area contributed by atoms with Crippen LogP contribution in [0.15, 0.2) is 33.3 Å². The lowest BCUT2D eigenvalue weighted by Crippen LogP contribution is -2.38. The minimum atomic E-state index is -0.619. The number of pyridine rings is 1. The van der Waals surface area contributed by atoms with Gasteiger partial charge in [0.2, 0.25) is 0 Å². The number of nitrogens with one attached hydrogen (secondary N) is 3. The number of ether oxygens (including phenoxy) is 1. The number of furan rings is 2. The monoisotopic (exact) mass is 462 g/mol. The Hall–Kier alpha value is -3.20. The van der Waals surface area contributed by atoms with Crippen LogP contribution in [-0.4, -0.2) is 35.7 Å². The first-order valence-electron chi connectivity index (χ1n) is 10.2. The van der Waals surface area contributed by atoms with Crippen LogP contribution in [-0.2, 0) is 17.7 Å². The molecule has 0 aliphatic rings. The Morgan fingerprint density at radius 1 is 1.31 bits per heavy atom. The molecule has 0 radical (unpaired) electrons. The number of nitrogens with zero attached hydrogens (tertiary/aromatic N) is 1. The van der Waals surface area contributed by atoms with Crippen LogP contribution < -0.4 is 16.0 Å². The molecule has 3 aromatic rings. The van der Waals surface area contributed by atoms with Gasteiger partial charge in [-0.2, -0.15) is 0 Å². The number of hydrogen-bond donors (Lipinski definition) is 3. The molecule has 0 saturated heterocycles. The number of alkyl carbamates (subject to hydrolysis) is 1. The van der Waals surface area contributed by atoms with Gasteiger partial charge in [-0.1, -0.05) is 11.6 Å². The van der Waals surface area contributed by atoms with Gasteiger partial charge in [-0.3, -0.25) is 4.79 Å². The lowest BCUT2D eigenvalue weighted by atomic mass is 10.1. The Morgan fingerprint density at radius 2 is 2.06 bits per heavy atom. The average molecular weight is 463 g/mol. The molecule has 172 valence electrons. The highest BCUT2D eigenvalue weighted by atomic mass is 35.5. The number of carbonyl (C=O) groups is 2. The topological polar surface area (TPSA) is 119 Å². The Balaban J connectivity index is 1.92. The first-order valence-corrected chi connectivity index (χ1v) is 10.5. The van der Waals surface area contributed by atoms with Crippen molar-refractivity contribution in [1.29, 1.82) is 0 Å². The van der Waals surface area contributed by atoms with Crippen LogP contribution in [0.25, 0.3) is 11.1 Å². The number of amides is 2. The van der Waals surface area contributed by atoms with Gasteiger partial charge in [0.05, 0.1) is 18.5 Å². The number of carbonyl (C=O) groups excluding carboxylic acids is 2. The van der Waals surface area contributed by atoms with Crippen molar-refractivity contribution in [3.63, 3.8) is 0 Å². The maximum atomic E-state index is 12.7. The molecule has 0 aliphatic heterocycles. The molecule has 2 amide bonds. The lowest BCUT2D eigenvalue weighted by Gasteiger charge is -2.21. The number of anilines is 1. The third-order valence-electron chi connectivity index (χ3n) is 4.42. The van der Waals surface area contributed by atoms with Crippen molar-refractivity contribution in [3.8, 4) is 0 Å². The van der Waals surface area contributed by atoms with Crippen molar-refractivity contribution in [2.45, 2.75) is 52.3 Å². The number of halogens is 1. The van der Waals surface area contributed by atoms with E-state index in [0.29, 0.717) is 29.1 Å². The molecule has 9 nitrogen and oxygen atoms in total. The second-order valence-corrected chi connectivity index (χ2v) is 8.72. The van der Waals surface area contributed by atoms with Crippen molar-refractivity contribution in [3.05, 3.63) is 46.7 Å². The van der Waals surface area contributed by atoms with Crippen molar-refractivity contribution < 1.29 is 23.2 Å². The molecule has 32 heavy (non-hydrogen) atoms. The molecule has 3 heterocycles. The molecule has 0 bridgehead atoms. The minimum absolute atomic E-state index is 0.205.